The van der Waals surface area contributed by atoms with Crippen molar-refractivity contribution in [3.63, 3.8) is 0 Å². The van der Waals surface area contributed by atoms with Crippen molar-refractivity contribution in [3.05, 3.63) is 52.5 Å². The molecular weight excluding hydrogens is 274 g/mol. The molecule has 0 spiro atoms. The Morgan fingerprint density at radius 3 is 2.59 bits per heavy atom. The van der Waals surface area contributed by atoms with Crippen LogP contribution in [0.25, 0.3) is 10.8 Å². The fraction of sp³-hybridized carbons (Fsp3) is 0.200. The van der Waals surface area contributed by atoms with Crippen LogP contribution in [0.5, 0.6) is 0 Å². The van der Waals surface area contributed by atoms with E-state index in [4.69, 9.17) is 0 Å². The van der Waals surface area contributed by atoms with Crippen LogP contribution in [0.3, 0.4) is 0 Å². The van der Waals surface area contributed by atoms with Crippen molar-refractivity contribution in [2.75, 3.05) is 11.9 Å². The summed E-state index contributed by atoms with van der Waals surface area (Å²) in [6.07, 6.45) is 2.19. The summed E-state index contributed by atoms with van der Waals surface area (Å²) in [5.41, 5.74) is 2.50. The summed E-state index contributed by atoms with van der Waals surface area (Å²) >= 11 is 3.49. The molecule has 2 heteroatoms. The number of halogens is 1. The van der Waals surface area contributed by atoms with Gasteiger partial charge in [0, 0.05) is 16.7 Å². The summed E-state index contributed by atoms with van der Waals surface area (Å²) in [6, 6.07) is 12.8. The van der Waals surface area contributed by atoms with Gasteiger partial charge in [-0.05, 0) is 48.9 Å². The lowest BCUT2D eigenvalue weighted by molar-refractivity contribution is 1.27. The van der Waals surface area contributed by atoms with Gasteiger partial charge < -0.3 is 5.32 Å². The van der Waals surface area contributed by atoms with E-state index in [2.05, 4.69) is 77.6 Å². The molecule has 0 aromatic heterocycles. The van der Waals surface area contributed by atoms with Gasteiger partial charge in [-0.25, -0.2) is 0 Å². The quantitative estimate of drug-likeness (QED) is 0.786. The number of fused-ring (bicyclic) bond motifs is 1. The van der Waals surface area contributed by atoms with Crippen LogP contribution in [0.15, 0.2) is 52.5 Å². The molecule has 17 heavy (non-hydrogen) atoms. The van der Waals surface area contributed by atoms with Crippen molar-refractivity contribution in [2.45, 2.75) is 13.8 Å². The molecule has 1 N–H and O–H groups in total. The van der Waals surface area contributed by atoms with Gasteiger partial charge in [0.2, 0.25) is 0 Å². The number of hydrogen-bond donors (Lipinski definition) is 1. The molecule has 0 saturated heterocycles. The molecule has 0 amide bonds. The van der Waals surface area contributed by atoms with E-state index in [1.54, 1.807) is 0 Å². The highest BCUT2D eigenvalue weighted by Crippen LogP contribution is 2.22. The third kappa shape index (κ3) is 3.34. The Balaban J connectivity index is 2.20. The van der Waals surface area contributed by atoms with E-state index in [-0.39, 0.29) is 0 Å². The van der Waals surface area contributed by atoms with Gasteiger partial charge in [-0.1, -0.05) is 39.7 Å². The Hall–Kier alpha value is -1.28. The number of hydrogen-bond acceptors (Lipinski definition) is 1. The first-order valence-electron chi connectivity index (χ1n) is 5.72. The van der Waals surface area contributed by atoms with E-state index >= 15 is 0 Å². The minimum absolute atomic E-state index is 0.879. The molecule has 0 aliphatic heterocycles. The van der Waals surface area contributed by atoms with E-state index in [9.17, 15) is 0 Å². The smallest absolute Gasteiger partial charge is 0.0349 e. The van der Waals surface area contributed by atoms with Crippen LogP contribution in [-0.4, -0.2) is 6.54 Å². The second-order valence-electron chi connectivity index (χ2n) is 4.37. The maximum Gasteiger partial charge on any atom is 0.0349 e. The lowest BCUT2D eigenvalue weighted by Crippen LogP contribution is -1.98. The van der Waals surface area contributed by atoms with Crippen molar-refractivity contribution in [3.8, 4) is 0 Å². The van der Waals surface area contributed by atoms with E-state index < -0.39 is 0 Å². The molecule has 0 bridgehead atoms. The summed E-state index contributed by atoms with van der Waals surface area (Å²) in [6.45, 7) is 5.10. The third-order valence-electron chi connectivity index (χ3n) is 2.62. The van der Waals surface area contributed by atoms with Crippen molar-refractivity contribution < 1.29 is 0 Å². The summed E-state index contributed by atoms with van der Waals surface area (Å²) < 4.78 is 1.12. The van der Waals surface area contributed by atoms with Crippen LogP contribution in [-0.2, 0) is 0 Å². The molecule has 0 unspecified atom stereocenters. The number of rotatable bonds is 3. The monoisotopic (exact) mass is 289 g/mol. The Morgan fingerprint density at radius 1 is 1.12 bits per heavy atom. The summed E-state index contributed by atoms with van der Waals surface area (Å²) in [5, 5.41) is 5.91. The Bertz CT molecular complexity index is 554. The van der Waals surface area contributed by atoms with Crippen LogP contribution in [0.2, 0.25) is 0 Å². The number of benzene rings is 2. The lowest BCUT2D eigenvalue weighted by atomic mass is 10.1. The molecule has 0 heterocycles. The Kier molecular flexibility index (Phi) is 3.85. The number of nitrogens with one attached hydrogen (secondary N) is 1. The van der Waals surface area contributed by atoms with Gasteiger partial charge in [0.1, 0.15) is 0 Å². The van der Waals surface area contributed by atoms with Gasteiger partial charge >= 0.3 is 0 Å². The molecule has 2 rings (SSSR count). The maximum atomic E-state index is 3.49. The summed E-state index contributed by atoms with van der Waals surface area (Å²) in [4.78, 5) is 0. The molecule has 1 nitrogen and oxygen atoms in total. The topological polar surface area (TPSA) is 12.0 Å². The fourth-order valence-corrected chi connectivity index (χ4v) is 2.08. The molecule has 2 aromatic rings. The summed E-state index contributed by atoms with van der Waals surface area (Å²) in [5.74, 6) is 0. The molecule has 0 aliphatic carbocycles. The van der Waals surface area contributed by atoms with Crippen LogP contribution < -0.4 is 5.32 Å². The average molecular weight is 290 g/mol. The second-order valence-corrected chi connectivity index (χ2v) is 5.28. The first-order valence-corrected chi connectivity index (χ1v) is 6.51. The van der Waals surface area contributed by atoms with Gasteiger partial charge in [0.15, 0.2) is 0 Å². The van der Waals surface area contributed by atoms with Gasteiger partial charge in [-0.2, -0.15) is 0 Å². The largest absolute Gasteiger partial charge is 0.382 e. The predicted octanol–water partition coefficient (Wildman–Crippen LogP) is 4.98. The highest BCUT2D eigenvalue weighted by molar-refractivity contribution is 9.10. The van der Waals surface area contributed by atoms with Crippen LogP contribution >= 0.6 is 15.9 Å². The zero-order valence-electron chi connectivity index (χ0n) is 10.1. The first-order chi connectivity index (χ1) is 8.15. The van der Waals surface area contributed by atoms with Crippen LogP contribution in [0.1, 0.15) is 13.8 Å². The Labute approximate surface area is 111 Å². The minimum Gasteiger partial charge on any atom is -0.382 e. The van der Waals surface area contributed by atoms with Gasteiger partial charge in [-0.3, -0.25) is 0 Å². The Morgan fingerprint density at radius 2 is 1.82 bits per heavy atom. The van der Waals surface area contributed by atoms with Gasteiger partial charge in [0.05, 0.1) is 0 Å². The lowest BCUT2D eigenvalue weighted by Gasteiger charge is -2.06. The van der Waals surface area contributed by atoms with Crippen molar-refractivity contribution in [1.82, 2.24) is 0 Å². The molecular formula is C15H16BrN. The molecule has 0 radical (unpaired) electrons. The molecule has 0 fully saturated rings. The van der Waals surface area contributed by atoms with Gasteiger partial charge in [0.25, 0.3) is 0 Å². The van der Waals surface area contributed by atoms with Gasteiger partial charge in [-0.15, -0.1) is 0 Å². The normalized spacial score (nSPS) is 10.3. The molecule has 2 aromatic carbocycles. The zero-order chi connectivity index (χ0) is 12.3. The molecule has 0 atom stereocenters. The summed E-state index contributed by atoms with van der Waals surface area (Å²) in [7, 11) is 0. The SMILES string of the molecule is CC(C)=CCNc1ccc2cc(Br)ccc2c1. The zero-order valence-corrected chi connectivity index (χ0v) is 11.7. The highest BCUT2D eigenvalue weighted by Gasteiger charge is 1.96. The fourth-order valence-electron chi connectivity index (χ4n) is 1.70. The molecule has 0 saturated carbocycles. The third-order valence-corrected chi connectivity index (χ3v) is 3.11. The van der Waals surface area contributed by atoms with Crippen LogP contribution in [0, 0.1) is 0 Å². The van der Waals surface area contributed by atoms with Crippen molar-refractivity contribution in [1.29, 1.82) is 0 Å². The molecule has 88 valence electrons. The number of allylic oxidation sites excluding steroid dienone is 1. The predicted molar refractivity (Wildman–Crippen MR) is 79.6 cm³/mol. The van der Waals surface area contributed by atoms with Crippen LogP contribution in [0.4, 0.5) is 5.69 Å². The maximum absolute atomic E-state index is 3.49. The van der Waals surface area contributed by atoms with Crippen molar-refractivity contribution >= 4 is 32.4 Å². The van der Waals surface area contributed by atoms with E-state index in [0.29, 0.717) is 0 Å². The minimum atomic E-state index is 0.879. The van der Waals surface area contributed by atoms with E-state index in [1.165, 1.54) is 16.3 Å². The number of anilines is 1. The van der Waals surface area contributed by atoms with E-state index in [0.717, 1.165) is 16.7 Å². The highest BCUT2D eigenvalue weighted by atomic mass is 79.9. The van der Waals surface area contributed by atoms with E-state index in [1.807, 2.05) is 0 Å². The molecule has 0 aliphatic rings. The van der Waals surface area contributed by atoms with Crippen molar-refractivity contribution in [2.24, 2.45) is 0 Å². The first kappa shape index (κ1) is 12.2. The average Bonchev–Trinajstić information content (AvgIpc) is 2.29. The second kappa shape index (κ2) is 5.37. The standard InChI is InChI=1S/C15H16BrN/c1-11(2)7-8-17-15-6-4-12-9-14(16)5-3-13(12)10-15/h3-7,9-10,17H,8H2,1-2H3.